The van der Waals surface area contributed by atoms with Gasteiger partial charge in [0.1, 0.15) is 0 Å². The fourth-order valence-corrected chi connectivity index (χ4v) is 2.24. The fourth-order valence-electron chi connectivity index (χ4n) is 2.24. The van der Waals surface area contributed by atoms with E-state index in [0.29, 0.717) is 18.9 Å². The van der Waals surface area contributed by atoms with Crippen LogP contribution in [0.5, 0.6) is 0 Å². The van der Waals surface area contributed by atoms with Crippen LogP contribution >= 0.6 is 0 Å². The first kappa shape index (κ1) is 12.5. The number of nitrogens with one attached hydrogen (secondary N) is 1. The van der Waals surface area contributed by atoms with E-state index in [9.17, 15) is 4.79 Å². The Bertz CT molecular complexity index is 224. The molecule has 0 aromatic carbocycles. The molecule has 0 radical (unpaired) electrons. The first-order chi connectivity index (χ1) is 7.01. The highest BCUT2D eigenvalue weighted by Gasteiger charge is 2.32. The van der Waals surface area contributed by atoms with Crippen molar-refractivity contribution in [2.75, 3.05) is 0 Å². The van der Waals surface area contributed by atoms with Gasteiger partial charge in [-0.15, -0.1) is 0 Å². The van der Waals surface area contributed by atoms with Crippen molar-refractivity contribution in [2.24, 2.45) is 11.7 Å². The third kappa shape index (κ3) is 2.94. The van der Waals surface area contributed by atoms with Crippen molar-refractivity contribution in [3.8, 4) is 0 Å². The molecule has 0 saturated heterocycles. The fraction of sp³-hybridized carbons (Fsp3) is 0.917. The van der Waals surface area contributed by atoms with Crippen LogP contribution in [-0.2, 0) is 4.79 Å². The summed E-state index contributed by atoms with van der Waals surface area (Å²) < 4.78 is 0. The zero-order valence-electron chi connectivity index (χ0n) is 10.2. The number of hydrogen-bond acceptors (Lipinski definition) is 2. The van der Waals surface area contributed by atoms with Gasteiger partial charge in [-0.2, -0.15) is 0 Å². The molecule has 3 nitrogen and oxygen atoms in total. The van der Waals surface area contributed by atoms with E-state index in [1.165, 1.54) is 6.42 Å². The van der Waals surface area contributed by atoms with Gasteiger partial charge in [-0.25, -0.2) is 0 Å². The summed E-state index contributed by atoms with van der Waals surface area (Å²) in [6.07, 6.45) is 4.85. The quantitative estimate of drug-likeness (QED) is 0.746. The third-order valence-electron chi connectivity index (χ3n) is 3.74. The van der Waals surface area contributed by atoms with Gasteiger partial charge in [-0.1, -0.05) is 20.8 Å². The van der Waals surface area contributed by atoms with Gasteiger partial charge in [-0.05, 0) is 38.0 Å². The second-order valence-electron chi connectivity index (χ2n) is 4.95. The highest BCUT2D eigenvalue weighted by Crippen LogP contribution is 2.25. The zero-order valence-corrected chi connectivity index (χ0v) is 10.2. The average Bonchev–Trinajstić information content (AvgIpc) is 2.62. The molecule has 1 fully saturated rings. The minimum Gasteiger partial charge on any atom is -0.352 e. The predicted octanol–water partition coefficient (Wildman–Crippen LogP) is 1.81. The summed E-state index contributed by atoms with van der Waals surface area (Å²) in [7, 11) is 0. The molecule has 88 valence electrons. The molecule has 3 heteroatoms. The second kappa shape index (κ2) is 4.97. The Labute approximate surface area is 92.8 Å². The van der Waals surface area contributed by atoms with Crippen molar-refractivity contribution in [1.82, 2.24) is 5.32 Å². The lowest BCUT2D eigenvalue weighted by atomic mass is 9.93. The Hall–Kier alpha value is -0.570. The van der Waals surface area contributed by atoms with E-state index in [2.05, 4.69) is 12.2 Å². The molecular formula is C12H24N2O. The van der Waals surface area contributed by atoms with Gasteiger partial charge in [0.05, 0.1) is 5.54 Å². The van der Waals surface area contributed by atoms with Crippen LogP contribution in [0.25, 0.3) is 0 Å². The van der Waals surface area contributed by atoms with Crippen LogP contribution in [0.4, 0.5) is 0 Å². The van der Waals surface area contributed by atoms with E-state index in [4.69, 9.17) is 5.73 Å². The summed E-state index contributed by atoms with van der Waals surface area (Å²) in [5.74, 6) is 0.775. The highest BCUT2D eigenvalue weighted by molar-refractivity contribution is 5.86. The molecule has 1 rings (SSSR count). The van der Waals surface area contributed by atoms with Crippen LogP contribution in [0.15, 0.2) is 0 Å². The molecule has 2 atom stereocenters. The van der Waals surface area contributed by atoms with Crippen LogP contribution < -0.4 is 11.1 Å². The first-order valence-electron chi connectivity index (χ1n) is 6.11. The van der Waals surface area contributed by atoms with E-state index in [-0.39, 0.29) is 5.91 Å². The molecule has 1 aliphatic rings. The van der Waals surface area contributed by atoms with Crippen LogP contribution in [0, 0.1) is 5.92 Å². The number of rotatable bonds is 4. The summed E-state index contributed by atoms with van der Waals surface area (Å²) in [5, 5.41) is 3.09. The topological polar surface area (TPSA) is 55.1 Å². The normalized spacial score (nSPS) is 26.7. The second-order valence-corrected chi connectivity index (χ2v) is 4.95. The molecule has 2 unspecified atom stereocenters. The van der Waals surface area contributed by atoms with Gasteiger partial charge in [0.2, 0.25) is 5.91 Å². The Morgan fingerprint density at radius 3 is 2.40 bits per heavy atom. The molecule has 1 aliphatic carbocycles. The maximum absolute atomic E-state index is 12.0. The molecule has 1 saturated carbocycles. The minimum absolute atomic E-state index is 0.0339. The molecule has 0 bridgehead atoms. The summed E-state index contributed by atoms with van der Waals surface area (Å²) >= 11 is 0. The summed E-state index contributed by atoms with van der Waals surface area (Å²) in [6, 6.07) is 0.355. The van der Waals surface area contributed by atoms with E-state index in [1.807, 2.05) is 13.8 Å². The van der Waals surface area contributed by atoms with Gasteiger partial charge >= 0.3 is 0 Å². The Morgan fingerprint density at radius 2 is 2.00 bits per heavy atom. The zero-order chi connectivity index (χ0) is 11.5. The van der Waals surface area contributed by atoms with Crippen molar-refractivity contribution in [2.45, 2.75) is 64.5 Å². The van der Waals surface area contributed by atoms with E-state index in [1.54, 1.807) is 0 Å². The molecule has 0 heterocycles. The van der Waals surface area contributed by atoms with Gasteiger partial charge in [0.15, 0.2) is 0 Å². The number of nitrogens with two attached hydrogens (primary N) is 1. The van der Waals surface area contributed by atoms with Crippen molar-refractivity contribution in [3.63, 3.8) is 0 Å². The van der Waals surface area contributed by atoms with E-state index in [0.717, 1.165) is 18.8 Å². The Balaban J connectivity index is 2.47. The summed E-state index contributed by atoms with van der Waals surface area (Å²) in [4.78, 5) is 12.0. The van der Waals surface area contributed by atoms with Crippen LogP contribution in [0.1, 0.15) is 52.9 Å². The lowest BCUT2D eigenvalue weighted by Gasteiger charge is -2.27. The average molecular weight is 212 g/mol. The molecule has 0 spiro atoms. The Morgan fingerprint density at radius 1 is 1.40 bits per heavy atom. The SMILES string of the molecule is CCC(N)(CC)C(=O)NC1CCC(C)C1. The van der Waals surface area contributed by atoms with Gasteiger partial charge in [0, 0.05) is 6.04 Å². The van der Waals surface area contributed by atoms with Crippen molar-refractivity contribution in [3.05, 3.63) is 0 Å². The number of carbonyl (C=O) groups excluding carboxylic acids is 1. The number of amides is 1. The largest absolute Gasteiger partial charge is 0.352 e. The summed E-state index contributed by atoms with van der Waals surface area (Å²) in [6.45, 7) is 6.18. The molecular weight excluding hydrogens is 188 g/mol. The third-order valence-corrected chi connectivity index (χ3v) is 3.74. The van der Waals surface area contributed by atoms with E-state index < -0.39 is 5.54 Å². The minimum atomic E-state index is -0.661. The maximum Gasteiger partial charge on any atom is 0.240 e. The molecule has 3 N–H and O–H groups in total. The predicted molar refractivity (Wildman–Crippen MR) is 62.4 cm³/mol. The lowest BCUT2D eigenvalue weighted by Crippen LogP contribution is -2.55. The standard InChI is InChI=1S/C12H24N2O/c1-4-12(13,5-2)11(15)14-10-7-6-9(3)8-10/h9-10H,4-8,13H2,1-3H3,(H,14,15). The molecule has 0 aromatic heterocycles. The first-order valence-corrected chi connectivity index (χ1v) is 6.11. The van der Waals surface area contributed by atoms with Crippen LogP contribution in [0.3, 0.4) is 0 Å². The Kier molecular flexibility index (Phi) is 4.14. The highest BCUT2D eigenvalue weighted by atomic mass is 16.2. The van der Waals surface area contributed by atoms with Crippen molar-refractivity contribution >= 4 is 5.91 Å². The molecule has 15 heavy (non-hydrogen) atoms. The van der Waals surface area contributed by atoms with E-state index >= 15 is 0 Å². The smallest absolute Gasteiger partial charge is 0.240 e. The van der Waals surface area contributed by atoms with Crippen molar-refractivity contribution in [1.29, 1.82) is 0 Å². The lowest BCUT2D eigenvalue weighted by molar-refractivity contribution is -0.127. The molecule has 0 aromatic rings. The van der Waals surface area contributed by atoms with Gasteiger partial charge in [0.25, 0.3) is 0 Å². The van der Waals surface area contributed by atoms with Gasteiger partial charge in [-0.3, -0.25) is 4.79 Å². The number of hydrogen-bond donors (Lipinski definition) is 2. The van der Waals surface area contributed by atoms with Gasteiger partial charge < -0.3 is 11.1 Å². The monoisotopic (exact) mass is 212 g/mol. The van der Waals surface area contributed by atoms with Crippen LogP contribution in [-0.4, -0.2) is 17.5 Å². The summed E-state index contributed by atoms with van der Waals surface area (Å²) in [5.41, 5.74) is 5.38. The van der Waals surface area contributed by atoms with Crippen molar-refractivity contribution < 1.29 is 4.79 Å². The molecule has 0 aliphatic heterocycles. The maximum atomic E-state index is 12.0. The number of carbonyl (C=O) groups is 1. The molecule has 1 amide bonds. The van der Waals surface area contributed by atoms with Crippen LogP contribution in [0.2, 0.25) is 0 Å².